The van der Waals surface area contributed by atoms with E-state index in [9.17, 15) is 4.79 Å². The second-order valence-corrected chi connectivity index (χ2v) is 7.40. The fourth-order valence-electron chi connectivity index (χ4n) is 2.78. The first-order chi connectivity index (χ1) is 12.8. The van der Waals surface area contributed by atoms with Crippen LogP contribution in [0.5, 0.6) is 0 Å². The van der Waals surface area contributed by atoms with E-state index in [1.165, 1.54) is 0 Å². The van der Waals surface area contributed by atoms with E-state index in [1.807, 2.05) is 43.3 Å². The van der Waals surface area contributed by atoms with Crippen molar-refractivity contribution in [1.29, 1.82) is 0 Å². The second-order valence-electron chi connectivity index (χ2n) is 7.40. The molecule has 0 atom stereocenters. The van der Waals surface area contributed by atoms with Crippen molar-refractivity contribution >= 4 is 17.5 Å². The van der Waals surface area contributed by atoms with Crippen molar-refractivity contribution < 1.29 is 9.21 Å². The van der Waals surface area contributed by atoms with Gasteiger partial charge < -0.3 is 15.1 Å². The summed E-state index contributed by atoms with van der Waals surface area (Å²) in [5.41, 5.74) is 2.80. The van der Waals surface area contributed by atoms with Crippen LogP contribution in [-0.4, -0.2) is 15.9 Å². The summed E-state index contributed by atoms with van der Waals surface area (Å²) in [6.07, 6.45) is 1.61. The molecule has 0 saturated heterocycles. The van der Waals surface area contributed by atoms with Crippen molar-refractivity contribution in [1.82, 2.24) is 9.97 Å². The van der Waals surface area contributed by atoms with Gasteiger partial charge in [0.15, 0.2) is 0 Å². The molecule has 0 aliphatic carbocycles. The quantitative estimate of drug-likeness (QED) is 0.695. The van der Waals surface area contributed by atoms with Crippen LogP contribution >= 0.6 is 0 Å². The summed E-state index contributed by atoms with van der Waals surface area (Å²) in [6.45, 7) is 8.63. The molecule has 0 fully saturated rings. The Kier molecular flexibility index (Phi) is 5.26. The summed E-state index contributed by atoms with van der Waals surface area (Å²) in [5.74, 6) is 0.893. The topological polar surface area (TPSA) is 80.0 Å². The van der Waals surface area contributed by atoms with E-state index < -0.39 is 0 Å². The monoisotopic (exact) mass is 364 g/mol. The van der Waals surface area contributed by atoms with E-state index in [-0.39, 0.29) is 11.3 Å². The second kappa shape index (κ2) is 7.61. The van der Waals surface area contributed by atoms with E-state index in [1.54, 1.807) is 12.3 Å². The summed E-state index contributed by atoms with van der Waals surface area (Å²) < 4.78 is 5.29. The van der Waals surface area contributed by atoms with Crippen LogP contribution in [-0.2, 0) is 12.0 Å². The first kappa shape index (κ1) is 18.6. The first-order valence-corrected chi connectivity index (χ1v) is 8.86. The van der Waals surface area contributed by atoms with Gasteiger partial charge in [0, 0.05) is 11.4 Å². The van der Waals surface area contributed by atoms with Gasteiger partial charge >= 0.3 is 0 Å². The van der Waals surface area contributed by atoms with Gasteiger partial charge in [-0.1, -0.05) is 39.0 Å². The number of carbonyl (C=O) groups excluding carboxylic acids is 1. The van der Waals surface area contributed by atoms with Crippen LogP contribution in [0.2, 0.25) is 0 Å². The average molecular weight is 364 g/mol. The maximum absolute atomic E-state index is 12.8. The Hall–Kier alpha value is -3.15. The Balaban J connectivity index is 1.79. The lowest BCUT2D eigenvalue weighted by Crippen LogP contribution is -2.20. The molecule has 0 saturated carbocycles. The van der Waals surface area contributed by atoms with Crippen molar-refractivity contribution in [3.8, 4) is 0 Å². The van der Waals surface area contributed by atoms with E-state index in [2.05, 4.69) is 41.4 Å². The predicted octanol–water partition coefficient (Wildman–Crippen LogP) is 4.54. The van der Waals surface area contributed by atoms with E-state index in [0.29, 0.717) is 23.9 Å². The molecule has 3 aromatic rings. The largest absolute Gasteiger partial charge is 0.467 e. The highest BCUT2D eigenvalue weighted by molar-refractivity contribution is 6.03. The maximum atomic E-state index is 12.8. The summed E-state index contributed by atoms with van der Waals surface area (Å²) in [5, 5.41) is 6.07. The Labute approximate surface area is 159 Å². The van der Waals surface area contributed by atoms with Gasteiger partial charge in [0.05, 0.1) is 12.8 Å². The van der Waals surface area contributed by atoms with Gasteiger partial charge in [-0.25, -0.2) is 9.97 Å². The summed E-state index contributed by atoms with van der Waals surface area (Å²) in [6, 6.07) is 13.2. The molecule has 0 aliphatic heterocycles. The van der Waals surface area contributed by atoms with Gasteiger partial charge in [0.1, 0.15) is 11.5 Å². The number of amides is 1. The number of aromatic nitrogens is 2. The number of rotatable bonds is 5. The highest BCUT2D eigenvalue weighted by Crippen LogP contribution is 2.29. The first-order valence-electron chi connectivity index (χ1n) is 8.86. The van der Waals surface area contributed by atoms with Crippen molar-refractivity contribution in [2.75, 3.05) is 10.6 Å². The van der Waals surface area contributed by atoms with Gasteiger partial charge in [-0.15, -0.1) is 0 Å². The van der Waals surface area contributed by atoms with Crippen LogP contribution in [0, 0.1) is 6.92 Å². The van der Waals surface area contributed by atoms with Crippen molar-refractivity contribution in [2.24, 2.45) is 0 Å². The van der Waals surface area contributed by atoms with Crippen molar-refractivity contribution in [3.05, 3.63) is 71.4 Å². The van der Waals surface area contributed by atoms with Crippen LogP contribution in [0.3, 0.4) is 0 Å². The lowest BCUT2D eigenvalue weighted by molar-refractivity contribution is 0.102. The Morgan fingerprint density at radius 2 is 1.89 bits per heavy atom. The molecule has 1 amide bonds. The molecule has 0 spiro atoms. The van der Waals surface area contributed by atoms with Gasteiger partial charge in [-0.05, 0) is 42.2 Å². The number of anilines is 2. The summed E-state index contributed by atoms with van der Waals surface area (Å²) >= 11 is 0. The number of carbonyl (C=O) groups is 1. The number of aryl methyl sites for hydroxylation is 1. The zero-order valence-corrected chi connectivity index (χ0v) is 16.0. The molecule has 140 valence electrons. The van der Waals surface area contributed by atoms with Crippen molar-refractivity contribution in [2.45, 2.75) is 39.7 Å². The lowest BCUT2D eigenvalue weighted by atomic mass is 9.86. The molecule has 6 nitrogen and oxygen atoms in total. The highest BCUT2D eigenvalue weighted by atomic mass is 16.3. The minimum absolute atomic E-state index is 0.0821. The lowest BCUT2D eigenvalue weighted by Gasteiger charge is -2.23. The zero-order valence-electron chi connectivity index (χ0n) is 16.0. The molecule has 2 heterocycles. The number of benzene rings is 1. The molecule has 6 heteroatoms. The van der Waals surface area contributed by atoms with E-state index >= 15 is 0 Å². The SMILES string of the molecule is Cc1cc(C(=O)Nc2ccccc2C(C)(C)C)nc(NCc2ccco2)n1. The Bertz CT molecular complexity index is 928. The van der Waals surface area contributed by atoms with Crippen LogP contribution in [0.4, 0.5) is 11.6 Å². The molecular weight excluding hydrogens is 340 g/mol. The number of nitrogens with zero attached hydrogens (tertiary/aromatic N) is 2. The van der Waals surface area contributed by atoms with Gasteiger partial charge in [-0.3, -0.25) is 4.79 Å². The van der Waals surface area contributed by atoms with Crippen LogP contribution in [0.1, 0.15) is 48.3 Å². The van der Waals surface area contributed by atoms with Crippen LogP contribution < -0.4 is 10.6 Å². The molecule has 2 N–H and O–H groups in total. The maximum Gasteiger partial charge on any atom is 0.274 e. The number of nitrogens with one attached hydrogen (secondary N) is 2. The highest BCUT2D eigenvalue weighted by Gasteiger charge is 2.19. The number of hydrogen-bond donors (Lipinski definition) is 2. The molecule has 2 aromatic heterocycles. The van der Waals surface area contributed by atoms with Crippen LogP contribution in [0.25, 0.3) is 0 Å². The summed E-state index contributed by atoms with van der Waals surface area (Å²) in [4.78, 5) is 21.5. The molecular formula is C21H24N4O2. The fraction of sp³-hybridized carbons (Fsp3) is 0.286. The Morgan fingerprint density at radius 1 is 1.11 bits per heavy atom. The molecule has 1 aromatic carbocycles. The third kappa shape index (κ3) is 4.73. The smallest absolute Gasteiger partial charge is 0.274 e. The number of furan rings is 1. The molecule has 0 aliphatic rings. The minimum Gasteiger partial charge on any atom is -0.467 e. The normalized spacial score (nSPS) is 11.3. The average Bonchev–Trinajstić information content (AvgIpc) is 3.12. The zero-order chi connectivity index (χ0) is 19.4. The third-order valence-electron chi connectivity index (χ3n) is 4.07. The van der Waals surface area contributed by atoms with Crippen LogP contribution in [0.15, 0.2) is 53.1 Å². The standard InChI is InChI=1S/C21H24N4O2/c1-14-12-18(25-20(23-14)22-13-15-8-7-11-27-15)19(26)24-17-10-6-5-9-16(17)21(2,3)4/h5-12H,13H2,1-4H3,(H,24,26)(H,22,23,25). The molecule has 0 radical (unpaired) electrons. The van der Waals surface area contributed by atoms with Crippen molar-refractivity contribution in [3.63, 3.8) is 0 Å². The third-order valence-corrected chi connectivity index (χ3v) is 4.07. The van der Waals surface area contributed by atoms with E-state index in [4.69, 9.17) is 4.42 Å². The number of para-hydroxylation sites is 1. The van der Waals surface area contributed by atoms with Gasteiger partial charge in [-0.2, -0.15) is 0 Å². The summed E-state index contributed by atoms with van der Waals surface area (Å²) in [7, 11) is 0. The molecule has 0 unspecified atom stereocenters. The fourth-order valence-corrected chi connectivity index (χ4v) is 2.78. The number of hydrogen-bond acceptors (Lipinski definition) is 5. The minimum atomic E-state index is -0.266. The molecule has 27 heavy (non-hydrogen) atoms. The van der Waals surface area contributed by atoms with E-state index in [0.717, 1.165) is 17.0 Å². The van der Waals surface area contributed by atoms with Gasteiger partial charge in [0.25, 0.3) is 5.91 Å². The van der Waals surface area contributed by atoms with Gasteiger partial charge in [0.2, 0.25) is 5.95 Å². The molecule has 3 rings (SSSR count). The Morgan fingerprint density at radius 3 is 2.59 bits per heavy atom. The predicted molar refractivity (Wildman–Crippen MR) is 106 cm³/mol. The molecule has 0 bridgehead atoms.